The summed E-state index contributed by atoms with van der Waals surface area (Å²) < 4.78 is 26.6. The van der Waals surface area contributed by atoms with Crippen molar-refractivity contribution in [3.63, 3.8) is 0 Å². The van der Waals surface area contributed by atoms with Gasteiger partial charge in [0.25, 0.3) is 0 Å². The standard InChI is InChI=1S/C16H28N4O2S.HI/c1-4-17-16(19-12-14(2)3)18-10-11-23(21,22)20-13-15-8-6-5-7-9-15;/h5-9,14,20H,4,10-13H2,1-3H3,(H2,17,18,19);1H. The molecule has 6 nitrogen and oxygen atoms in total. The van der Waals surface area contributed by atoms with Gasteiger partial charge in [-0.15, -0.1) is 24.0 Å². The van der Waals surface area contributed by atoms with Crippen LogP contribution in [0.5, 0.6) is 0 Å². The van der Waals surface area contributed by atoms with Gasteiger partial charge < -0.3 is 10.6 Å². The average Bonchev–Trinajstić information content (AvgIpc) is 2.51. The number of sulfonamides is 1. The molecule has 0 bridgehead atoms. The largest absolute Gasteiger partial charge is 0.357 e. The third-order valence-electron chi connectivity index (χ3n) is 2.96. The summed E-state index contributed by atoms with van der Waals surface area (Å²) in [7, 11) is -3.32. The number of aliphatic imine (C=N–C) groups is 1. The summed E-state index contributed by atoms with van der Waals surface area (Å²) >= 11 is 0. The second-order valence-corrected chi connectivity index (χ2v) is 7.59. The highest BCUT2D eigenvalue weighted by molar-refractivity contribution is 14.0. The molecule has 0 amide bonds. The third kappa shape index (κ3) is 10.8. The quantitative estimate of drug-likeness (QED) is 0.294. The van der Waals surface area contributed by atoms with Crippen LogP contribution in [-0.4, -0.2) is 39.8 Å². The number of hydrogen-bond donors (Lipinski definition) is 3. The van der Waals surface area contributed by atoms with E-state index < -0.39 is 10.0 Å². The maximum atomic E-state index is 12.0. The van der Waals surface area contributed by atoms with Crippen molar-refractivity contribution in [3.05, 3.63) is 35.9 Å². The van der Waals surface area contributed by atoms with Gasteiger partial charge in [0.1, 0.15) is 0 Å². The van der Waals surface area contributed by atoms with E-state index in [0.717, 1.165) is 12.1 Å². The lowest BCUT2D eigenvalue weighted by Crippen LogP contribution is -2.41. The van der Waals surface area contributed by atoms with Gasteiger partial charge in [0.05, 0.1) is 5.75 Å². The van der Waals surface area contributed by atoms with Gasteiger partial charge in [-0.1, -0.05) is 44.2 Å². The predicted molar refractivity (Wildman–Crippen MR) is 111 cm³/mol. The molecule has 0 aromatic heterocycles. The first-order valence-electron chi connectivity index (χ1n) is 7.96. The molecular weight excluding hydrogens is 439 g/mol. The van der Waals surface area contributed by atoms with Crippen LogP contribution in [0.3, 0.4) is 0 Å². The summed E-state index contributed by atoms with van der Waals surface area (Å²) in [6, 6.07) is 9.46. The highest BCUT2D eigenvalue weighted by Gasteiger charge is 2.10. The van der Waals surface area contributed by atoms with Crippen LogP contribution in [0, 0.1) is 5.92 Å². The van der Waals surface area contributed by atoms with E-state index in [-0.39, 0.29) is 29.7 Å². The number of benzene rings is 1. The van der Waals surface area contributed by atoms with Crippen molar-refractivity contribution >= 4 is 40.0 Å². The molecule has 0 saturated heterocycles. The smallest absolute Gasteiger partial charge is 0.213 e. The maximum Gasteiger partial charge on any atom is 0.213 e. The van der Waals surface area contributed by atoms with Gasteiger partial charge in [-0.3, -0.25) is 4.99 Å². The van der Waals surface area contributed by atoms with Crippen molar-refractivity contribution in [2.24, 2.45) is 10.9 Å². The van der Waals surface area contributed by atoms with Crippen molar-refractivity contribution in [2.75, 3.05) is 25.4 Å². The lowest BCUT2D eigenvalue weighted by Gasteiger charge is -2.12. The van der Waals surface area contributed by atoms with E-state index in [1.165, 1.54) is 0 Å². The van der Waals surface area contributed by atoms with Gasteiger partial charge in [0.15, 0.2) is 5.96 Å². The van der Waals surface area contributed by atoms with Crippen LogP contribution in [0.1, 0.15) is 26.3 Å². The molecule has 1 rings (SSSR count). The van der Waals surface area contributed by atoms with Crippen molar-refractivity contribution in [3.8, 4) is 0 Å². The van der Waals surface area contributed by atoms with E-state index in [4.69, 9.17) is 0 Å². The van der Waals surface area contributed by atoms with Crippen molar-refractivity contribution in [2.45, 2.75) is 27.3 Å². The summed E-state index contributed by atoms with van der Waals surface area (Å²) in [5.74, 6) is 1.12. The van der Waals surface area contributed by atoms with Crippen LogP contribution in [0.4, 0.5) is 0 Å². The highest BCUT2D eigenvalue weighted by atomic mass is 127. The molecule has 3 N–H and O–H groups in total. The molecule has 24 heavy (non-hydrogen) atoms. The zero-order valence-corrected chi connectivity index (χ0v) is 17.7. The minimum absolute atomic E-state index is 0. The van der Waals surface area contributed by atoms with Crippen molar-refractivity contribution < 1.29 is 8.42 Å². The molecule has 1 aromatic rings. The first-order valence-corrected chi connectivity index (χ1v) is 9.61. The number of guanidine groups is 1. The fourth-order valence-electron chi connectivity index (χ4n) is 1.78. The number of nitrogens with one attached hydrogen (secondary N) is 3. The van der Waals surface area contributed by atoms with Crippen molar-refractivity contribution in [1.29, 1.82) is 0 Å². The second kappa shape index (κ2) is 12.5. The van der Waals surface area contributed by atoms with Gasteiger partial charge in [0, 0.05) is 26.2 Å². The van der Waals surface area contributed by atoms with Gasteiger partial charge in [-0.25, -0.2) is 13.1 Å². The minimum Gasteiger partial charge on any atom is -0.357 e. The molecule has 0 spiro atoms. The zero-order valence-electron chi connectivity index (χ0n) is 14.6. The number of nitrogens with zero attached hydrogens (tertiary/aromatic N) is 1. The van der Waals surface area contributed by atoms with E-state index in [1.54, 1.807) is 0 Å². The summed E-state index contributed by atoms with van der Waals surface area (Å²) in [5.41, 5.74) is 0.941. The average molecular weight is 468 g/mol. The fourth-order valence-corrected chi connectivity index (χ4v) is 2.68. The highest BCUT2D eigenvalue weighted by Crippen LogP contribution is 1.98. The lowest BCUT2D eigenvalue weighted by molar-refractivity contribution is 0.579. The normalized spacial score (nSPS) is 11.9. The van der Waals surface area contributed by atoms with Gasteiger partial charge in [-0.2, -0.15) is 0 Å². The molecule has 0 radical (unpaired) electrons. The van der Waals surface area contributed by atoms with Gasteiger partial charge >= 0.3 is 0 Å². The Morgan fingerprint density at radius 1 is 1.17 bits per heavy atom. The van der Waals surface area contributed by atoms with Crippen LogP contribution >= 0.6 is 24.0 Å². The van der Waals surface area contributed by atoms with E-state index >= 15 is 0 Å². The molecule has 138 valence electrons. The van der Waals surface area contributed by atoms with Crippen LogP contribution in [0.15, 0.2) is 35.3 Å². The fraction of sp³-hybridized carbons (Fsp3) is 0.562. The molecule has 0 fully saturated rings. The summed E-state index contributed by atoms with van der Waals surface area (Å²) in [6.07, 6.45) is 0. The van der Waals surface area contributed by atoms with E-state index in [9.17, 15) is 8.42 Å². The Kier molecular flexibility index (Phi) is 12.0. The molecule has 0 unspecified atom stereocenters. The summed E-state index contributed by atoms with van der Waals surface area (Å²) in [4.78, 5) is 4.41. The molecule has 0 saturated carbocycles. The zero-order chi connectivity index (χ0) is 17.1. The molecule has 8 heteroatoms. The SMILES string of the molecule is CCNC(=NCC(C)C)NCCS(=O)(=O)NCc1ccccc1.I. The van der Waals surface area contributed by atoms with E-state index in [0.29, 0.717) is 31.5 Å². The van der Waals surface area contributed by atoms with E-state index in [1.807, 2.05) is 37.3 Å². The maximum absolute atomic E-state index is 12.0. The Morgan fingerprint density at radius 2 is 1.83 bits per heavy atom. The van der Waals surface area contributed by atoms with E-state index in [2.05, 4.69) is 34.2 Å². The van der Waals surface area contributed by atoms with Crippen LogP contribution in [-0.2, 0) is 16.6 Å². The molecule has 0 aliphatic carbocycles. The first-order chi connectivity index (χ1) is 10.9. The number of halogens is 1. The first kappa shape index (κ1) is 23.1. The minimum atomic E-state index is -3.32. The monoisotopic (exact) mass is 468 g/mol. The molecule has 0 heterocycles. The molecule has 0 atom stereocenters. The number of hydrogen-bond acceptors (Lipinski definition) is 3. The predicted octanol–water partition coefficient (Wildman–Crippen LogP) is 1.94. The molecule has 1 aromatic carbocycles. The van der Waals surface area contributed by atoms with Crippen LogP contribution < -0.4 is 15.4 Å². The topological polar surface area (TPSA) is 82.6 Å². The number of rotatable bonds is 9. The summed E-state index contributed by atoms with van der Waals surface area (Å²) in [6.45, 7) is 8.22. The second-order valence-electron chi connectivity index (χ2n) is 5.67. The third-order valence-corrected chi connectivity index (χ3v) is 4.29. The Hall–Kier alpha value is -0.870. The summed E-state index contributed by atoms with van der Waals surface area (Å²) in [5, 5.41) is 6.16. The molecule has 0 aliphatic rings. The Bertz CT molecular complexity index is 577. The Labute approximate surface area is 163 Å². The lowest BCUT2D eigenvalue weighted by atomic mass is 10.2. The molecular formula is C16H29IN4O2S. The van der Waals surface area contributed by atoms with Crippen LogP contribution in [0.25, 0.3) is 0 Å². The Morgan fingerprint density at radius 3 is 2.42 bits per heavy atom. The molecule has 0 aliphatic heterocycles. The van der Waals surface area contributed by atoms with Crippen LogP contribution in [0.2, 0.25) is 0 Å². The van der Waals surface area contributed by atoms with Gasteiger partial charge in [-0.05, 0) is 18.4 Å². The van der Waals surface area contributed by atoms with Crippen molar-refractivity contribution in [1.82, 2.24) is 15.4 Å². The van der Waals surface area contributed by atoms with Gasteiger partial charge in [0.2, 0.25) is 10.0 Å². The Balaban J connectivity index is 0.00000529.